The molecule has 1 amide bonds. The van der Waals surface area contributed by atoms with Crippen LogP contribution in [0.1, 0.15) is 12.5 Å². The second kappa shape index (κ2) is 9.38. The van der Waals surface area contributed by atoms with Crippen molar-refractivity contribution in [1.29, 1.82) is 0 Å². The molecule has 2 aromatic carbocycles. The lowest BCUT2D eigenvalue weighted by Gasteiger charge is -2.09. The van der Waals surface area contributed by atoms with Crippen molar-refractivity contribution in [1.82, 2.24) is 10.4 Å². The van der Waals surface area contributed by atoms with Gasteiger partial charge < -0.3 is 9.47 Å². The van der Waals surface area contributed by atoms with E-state index in [1.165, 1.54) is 11.8 Å². The van der Waals surface area contributed by atoms with E-state index >= 15 is 0 Å². The van der Waals surface area contributed by atoms with Gasteiger partial charge in [-0.05, 0) is 42.8 Å². The van der Waals surface area contributed by atoms with Crippen LogP contribution < -0.4 is 14.9 Å². The first-order chi connectivity index (χ1) is 13.2. The molecule has 27 heavy (non-hydrogen) atoms. The highest BCUT2D eigenvalue weighted by Crippen LogP contribution is 2.29. The molecule has 0 bridgehead atoms. The number of ether oxygens (including phenoxy) is 2. The molecule has 1 N–H and O–H groups in total. The molecule has 6 nitrogen and oxygen atoms in total. The van der Waals surface area contributed by atoms with Gasteiger partial charge in [0, 0.05) is 0 Å². The minimum absolute atomic E-state index is 0.187. The monoisotopic (exact) mass is 401 g/mol. The molecule has 3 rings (SSSR count). The molecule has 1 aromatic heterocycles. The van der Waals surface area contributed by atoms with Crippen molar-refractivity contribution in [3.63, 3.8) is 0 Å². The summed E-state index contributed by atoms with van der Waals surface area (Å²) in [5.41, 5.74) is 4.28. The van der Waals surface area contributed by atoms with E-state index in [1.54, 1.807) is 30.7 Å². The first kappa shape index (κ1) is 19.2. The van der Waals surface area contributed by atoms with Crippen molar-refractivity contribution in [2.24, 2.45) is 5.10 Å². The van der Waals surface area contributed by atoms with E-state index in [0.29, 0.717) is 18.1 Å². The summed E-state index contributed by atoms with van der Waals surface area (Å²) in [7, 11) is 1.58. The Hall–Kier alpha value is -2.58. The molecule has 0 unspecified atom stereocenters. The number of carbonyl (C=O) groups excluding carboxylic acids is 1. The van der Waals surface area contributed by atoms with Gasteiger partial charge >= 0.3 is 0 Å². The summed E-state index contributed by atoms with van der Waals surface area (Å²) >= 11 is 2.98. The van der Waals surface area contributed by atoms with E-state index in [-0.39, 0.29) is 11.7 Å². The van der Waals surface area contributed by atoms with E-state index in [9.17, 15) is 4.79 Å². The number of fused-ring (bicyclic) bond motifs is 1. The summed E-state index contributed by atoms with van der Waals surface area (Å²) in [6.07, 6.45) is 1.57. The number of hydrogen-bond acceptors (Lipinski definition) is 7. The van der Waals surface area contributed by atoms with Crippen molar-refractivity contribution in [3.05, 3.63) is 48.0 Å². The molecule has 1 heterocycles. The van der Waals surface area contributed by atoms with Gasteiger partial charge in [-0.2, -0.15) is 5.10 Å². The van der Waals surface area contributed by atoms with Gasteiger partial charge in [-0.15, -0.1) is 11.3 Å². The van der Waals surface area contributed by atoms with Gasteiger partial charge in [0.15, 0.2) is 15.8 Å². The van der Waals surface area contributed by atoms with Gasteiger partial charge in [0.1, 0.15) is 0 Å². The molecule has 0 aliphatic carbocycles. The molecule has 140 valence electrons. The Balaban J connectivity index is 1.52. The lowest BCUT2D eigenvalue weighted by molar-refractivity contribution is -0.118. The summed E-state index contributed by atoms with van der Waals surface area (Å²) in [5, 5.41) is 4.00. The second-order valence-corrected chi connectivity index (χ2v) is 7.63. The van der Waals surface area contributed by atoms with Crippen LogP contribution in [0.5, 0.6) is 11.5 Å². The summed E-state index contributed by atoms with van der Waals surface area (Å²) in [4.78, 5) is 16.5. The van der Waals surface area contributed by atoms with Crippen LogP contribution in [-0.2, 0) is 4.79 Å². The predicted octanol–water partition coefficient (Wildman–Crippen LogP) is 3.95. The number of hydrogen-bond donors (Lipinski definition) is 1. The number of carbonyl (C=O) groups is 1. The number of nitrogens with one attached hydrogen (secondary N) is 1. The van der Waals surface area contributed by atoms with Gasteiger partial charge in [0.25, 0.3) is 5.91 Å². The van der Waals surface area contributed by atoms with E-state index in [4.69, 9.17) is 9.47 Å². The van der Waals surface area contributed by atoms with Gasteiger partial charge in [-0.25, -0.2) is 10.4 Å². The normalized spacial score (nSPS) is 11.0. The van der Waals surface area contributed by atoms with Crippen LogP contribution >= 0.6 is 23.1 Å². The van der Waals surface area contributed by atoms with Gasteiger partial charge in [0.2, 0.25) is 0 Å². The van der Waals surface area contributed by atoms with Crippen LogP contribution in [0.3, 0.4) is 0 Å². The average Bonchev–Trinajstić information content (AvgIpc) is 3.10. The fourth-order valence-electron chi connectivity index (χ4n) is 2.29. The van der Waals surface area contributed by atoms with Crippen LogP contribution in [0.4, 0.5) is 0 Å². The number of thioether (sulfide) groups is 1. The molecule has 0 saturated heterocycles. The second-order valence-electron chi connectivity index (χ2n) is 5.37. The number of methoxy groups -OCH3 is 1. The fraction of sp³-hybridized carbons (Fsp3) is 0.211. The summed E-state index contributed by atoms with van der Waals surface area (Å²) < 4.78 is 12.8. The first-order valence-corrected chi connectivity index (χ1v) is 10.1. The minimum Gasteiger partial charge on any atom is -0.493 e. The Morgan fingerprint density at radius 3 is 2.93 bits per heavy atom. The Kier molecular flexibility index (Phi) is 6.67. The number of aromatic nitrogens is 1. The number of thiazole rings is 1. The van der Waals surface area contributed by atoms with Crippen LogP contribution in [0.15, 0.2) is 51.9 Å². The highest BCUT2D eigenvalue weighted by Gasteiger charge is 2.07. The van der Waals surface area contributed by atoms with E-state index in [2.05, 4.69) is 15.5 Å². The van der Waals surface area contributed by atoms with Crippen LogP contribution in [-0.4, -0.2) is 36.6 Å². The molecule has 0 atom stereocenters. The largest absolute Gasteiger partial charge is 0.493 e. The minimum atomic E-state index is -0.187. The highest BCUT2D eigenvalue weighted by molar-refractivity contribution is 8.01. The highest BCUT2D eigenvalue weighted by atomic mass is 32.2. The van der Waals surface area contributed by atoms with Crippen molar-refractivity contribution < 1.29 is 14.3 Å². The molecular formula is C19H19N3O3S2. The van der Waals surface area contributed by atoms with Crippen molar-refractivity contribution >= 4 is 45.4 Å². The molecule has 0 fully saturated rings. The average molecular weight is 402 g/mol. The zero-order valence-electron chi connectivity index (χ0n) is 15.0. The van der Waals surface area contributed by atoms with Gasteiger partial charge in [-0.1, -0.05) is 23.9 Å². The predicted molar refractivity (Wildman–Crippen MR) is 110 cm³/mol. The summed E-state index contributed by atoms with van der Waals surface area (Å²) in [6.45, 7) is 2.48. The number of rotatable bonds is 8. The zero-order valence-corrected chi connectivity index (χ0v) is 16.6. The molecular weight excluding hydrogens is 382 g/mol. The maximum absolute atomic E-state index is 12.0. The first-order valence-electron chi connectivity index (χ1n) is 8.30. The zero-order chi connectivity index (χ0) is 19.1. The smallest absolute Gasteiger partial charge is 0.250 e. The van der Waals surface area contributed by atoms with Crippen LogP contribution in [0, 0.1) is 0 Å². The third kappa shape index (κ3) is 5.21. The number of amides is 1. The maximum Gasteiger partial charge on any atom is 0.250 e. The molecule has 0 radical (unpaired) electrons. The number of hydrazone groups is 1. The Labute approximate surface area is 165 Å². The van der Waals surface area contributed by atoms with E-state index in [0.717, 1.165) is 20.1 Å². The molecule has 0 saturated carbocycles. The van der Waals surface area contributed by atoms with Gasteiger partial charge in [0.05, 0.1) is 35.9 Å². The van der Waals surface area contributed by atoms with Crippen molar-refractivity contribution in [2.75, 3.05) is 19.5 Å². The molecule has 0 aliphatic rings. The molecule has 8 heteroatoms. The molecule has 0 aliphatic heterocycles. The standard InChI is InChI=1S/C19H19N3O3S2/c1-3-25-15-9-8-13(10-16(15)24-2)11-20-22-18(23)12-26-19-21-14-6-4-5-7-17(14)27-19/h4-11H,3,12H2,1-2H3,(H,22,23)/b20-11+. The number of nitrogens with zero attached hydrogens (tertiary/aromatic N) is 2. The van der Waals surface area contributed by atoms with Gasteiger partial charge in [-0.3, -0.25) is 4.79 Å². The topological polar surface area (TPSA) is 72.8 Å². The quantitative estimate of drug-likeness (QED) is 0.352. The third-order valence-corrected chi connectivity index (χ3v) is 5.67. The lowest BCUT2D eigenvalue weighted by atomic mass is 10.2. The lowest BCUT2D eigenvalue weighted by Crippen LogP contribution is -2.19. The van der Waals surface area contributed by atoms with E-state index in [1.807, 2.05) is 43.3 Å². The Bertz CT molecular complexity index is 923. The molecule has 3 aromatic rings. The van der Waals surface area contributed by atoms with Crippen molar-refractivity contribution in [3.8, 4) is 11.5 Å². The number of para-hydroxylation sites is 1. The summed E-state index contributed by atoms with van der Waals surface area (Å²) in [6, 6.07) is 13.4. The molecule has 0 spiro atoms. The maximum atomic E-state index is 12.0. The SMILES string of the molecule is CCOc1ccc(/C=N/NC(=O)CSc2nc3ccccc3s2)cc1OC. The summed E-state index contributed by atoms with van der Waals surface area (Å²) in [5.74, 6) is 1.37. The van der Waals surface area contributed by atoms with E-state index < -0.39 is 0 Å². The Morgan fingerprint density at radius 1 is 1.30 bits per heavy atom. The Morgan fingerprint density at radius 2 is 2.15 bits per heavy atom. The fourth-order valence-corrected chi connectivity index (χ4v) is 4.15. The number of benzene rings is 2. The third-order valence-electron chi connectivity index (χ3n) is 3.49. The van der Waals surface area contributed by atoms with Crippen LogP contribution in [0.2, 0.25) is 0 Å². The van der Waals surface area contributed by atoms with Crippen molar-refractivity contribution in [2.45, 2.75) is 11.3 Å². The van der Waals surface area contributed by atoms with Crippen LogP contribution in [0.25, 0.3) is 10.2 Å².